The fourth-order valence-electron chi connectivity index (χ4n) is 1.39. The van der Waals surface area contributed by atoms with E-state index in [0.717, 1.165) is 22.9 Å². The summed E-state index contributed by atoms with van der Waals surface area (Å²) in [5, 5.41) is 0. The third kappa shape index (κ3) is 3.66. The lowest BCUT2D eigenvalue weighted by molar-refractivity contribution is 0.398. The van der Waals surface area contributed by atoms with E-state index in [1.54, 1.807) is 13.3 Å². The highest BCUT2D eigenvalue weighted by Gasteiger charge is 2.15. The third-order valence-electron chi connectivity index (χ3n) is 2.18. The molecule has 3 N–H and O–H groups in total. The van der Waals surface area contributed by atoms with Crippen LogP contribution in [-0.2, 0) is 0 Å². The van der Waals surface area contributed by atoms with Gasteiger partial charge < -0.3 is 4.74 Å². The monoisotopic (exact) mass is 241 g/mol. The van der Waals surface area contributed by atoms with Gasteiger partial charge in [-0.05, 0) is 24.3 Å². The molecule has 0 fully saturated rings. The summed E-state index contributed by atoms with van der Waals surface area (Å²) in [5.74, 6) is 8.36. The Morgan fingerprint density at radius 2 is 2.44 bits per heavy atom. The fraction of sp³-hybridized carbons (Fsp3) is 0.545. The van der Waals surface area contributed by atoms with Crippen molar-refractivity contribution in [1.29, 1.82) is 0 Å². The van der Waals surface area contributed by atoms with Gasteiger partial charge in [0.15, 0.2) is 0 Å². The molecule has 0 saturated heterocycles. The SMILES string of the molecule is CCCSCC(NN)c1ncccc1OC. The van der Waals surface area contributed by atoms with Crippen molar-refractivity contribution in [2.24, 2.45) is 5.84 Å². The van der Waals surface area contributed by atoms with Crippen molar-refractivity contribution in [1.82, 2.24) is 10.4 Å². The molecule has 90 valence electrons. The molecule has 1 unspecified atom stereocenters. The number of thioether (sulfide) groups is 1. The van der Waals surface area contributed by atoms with Crippen LogP contribution in [0.1, 0.15) is 25.1 Å². The van der Waals surface area contributed by atoms with Gasteiger partial charge in [-0.15, -0.1) is 0 Å². The highest BCUT2D eigenvalue weighted by Crippen LogP contribution is 2.24. The molecule has 0 aliphatic carbocycles. The second kappa shape index (κ2) is 7.49. The minimum Gasteiger partial charge on any atom is -0.495 e. The summed E-state index contributed by atoms with van der Waals surface area (Å²) in [6, 6.07) is 3.79. The Balaban J connectivity index is 2.69. The summed E-state index contributed by atoms with van der Waals surface area (Å²) < 4.78 is 5.27. The van der Waals surface area contributed by atoms with Crippen LogP contribution < -0.4 is 16.0 Å². The first kappa shape index (κ1) is 13.3. The second-order valence-corrected chi connectivity index (χ2v) is 4.53. The van der Waals surface area contributed by atoms with Crippen LogP contribution in [0.3, 0.4) is 0 Å². The number of nitrogens with one attached hydrogen (secondary N) is 1. The Hall–Kier alpha value is -0.780. The van der Waals surface area contributed by atoms with Crippen molar-refractivity contribution in [2.45, 2.75) is 19.4 Å². The molecule has 0 radical (unpaired) electrons. The molecular formula is C11H19N3OS. The molecule has 16 heavy (non-hydrogen) atoms. The smallest absolute Gasteiger partial charge is 0.142 e. The number of hydrogen-bond acceptors (Lipinski definition) is 5. The van der Waals surface area contributed by atoms with Gasteiger partial charge in [0.1, 0.15) is 11.4 Å². The van der Waals surface area contributed by atoms with Crippen molar-refractivity contribution in [2.75, 3.05) is 18.6 Å². The van der Waals surface area contributed by atoms with Gasteiger partial charge >= 0.3 is 0 Å². The second-order valence-electron chi connectivity index (χ2n) is 3.39. The normalized spacial score (nSPS) is 12.4. The van der Waals surface area contributed by atoms with Gasteiger partial charge in [0.25, 0.3) is 0 Å². The average molecular weight is 241 g/mol. The molecule has 1 atom stereocenters. The Morgan fingerprint density at radius 3 is 3.06 bits per heavy atom. The zero-order chi connectivity index (χ0) is 11.8. The van der Waals surface area contributed by atoms with Crippen LogP contribution in [-0.4, -0.2) is 23.6 Å². The van der Waals surface area contributed by atoms with Gasteiger partial charge in [-0.3, -0.25) is 16.3 Å². The summed E-state index contributed by atoms with van der Waals surface area (Å²) in [6.45, 7) is 2.17. The predicted molar refractivity (Wildman–Crippen MR) is 68.5 cm³/mol. The molecule has 0 aromatic carbocycles. The predicted octanol–water partition coefficient (Wildman–Crippen LogP) is 1.74. The largest absolute Gasteiger partial charge is 0.495 e. The van der Waals surface area contributed by atoms with E-state index in [0.29, 0.717) is 0 Å². The number of nitrogens with zero attached hydrogens (tertiary/aromatic N) is 1. The molecule has 4 nitrogen and oxygen atoms in total. The molecule has 1 heterocycles. The minimum atomic E-state index is 0.0349. The van der Waals surface area contributed by atoms with E-state index in [2.05, 4.69) is 17.3 Å². The Kier molecular flexibility index (Phi) is 6.22. The van der Waals surface area contributed by atoms with Crippen molar-refractivity contribution >= 4 is 11.8 Å². The van der Waals surface area contributed by atoms with E-state index in [-0.39, 0.29) is 6.04 Å². The molecule has 0 spiro atoms. The molecular weight excluding hydrogens is 222 g/mol. The first-order valence-electron chi connectivity index (χ1n) is 5.36. The number of hydrazine groups is 1. The third-order valence-corrected chi connectivity index (χ3v) is 3.45. The van der Waals surface area contributed by atoms with Gasteiger partial charge in [-0.1, -0.05) is 6.92 Å². The molecule has 5 heteroatoms. The van der Waals surface area contributed by atoms with Crippen molar-refractivity contribution in [3.63, 3.8) is 0 Å². The van der Waals surface area contributed by atoms with Crippen LogP contribution in [0, 0.1) is 0 Å². The van der Waals surface area contributed by atoms with Gasteiger partial charge in [0.05, 0.1) is 13.2 Å². The summed E-state index contributed by atoms with van der Waals surface area (Å²) in [5.41, 5.74) is 3.66. The molecule has 0 aliphatic heterocycles. The molecule has 1 aromatic heterocycles. The van der Waals surface area contributed by atoms with E-state index >= 15 is 0 Å². The standard InChI is InChI=1S/C11H19N3OS/c1-3-7-16-8-9(14-12)11-10(15-2)5-4-6-13-11/h4-6,9,14H,3,7-8,12H2,1-2H3. The molecule has 0 amide bonds. The molecule has 1 aromatic rings. The minimum absolute atomic E-state index is 0.0349. The van der Waals surface area contributed by atoms with Crippen molar-refractivity contribution in [3.05, 3.63) is 24.0 Å². The highest BCUT2D eigenvalue weighted by molar-refractivity contribution is 7.99. The van der Waals surface area contributed by atoms with Gasteiger partial charge in [0.2, 0.25) is 0 Å². The first-order chi connectivity index (χ1) is 7.83. The van der Waals surface area contributed by atoms with Crippen LogP contribution >= 0.6 is 11.8 Å². The number of ether oxygens (including phenoxy) is 1. The van der Waals surface area contributed by atoms with Gasteiger partial charge in [-0.2, -0.15) is 11.8 Å². The number of hydrogen-bond donors (Lipinski definition) is 2. The Bertz CT molecular complexity index is 309. The first-order valence-corrected chi connectivity index (χ1v) is 6.51. The number of nitrogens with two attached hydrogens (primary N) is 1. The molecule has 0 bridgehead atoms. The van der Waals surface area contributed by atoms with Crippen LogP contribution in [0.2, 0.25) is 0 Å². The van der Waals surface area contributed by atoms with Crippen LogP contribution in [0.15, 0.2) is 18.3 Å². The lowest BCUT2D eigenvalue weighted by Crippen LogP contribution is -2.30. The van der Waals surface area contributed by atoms with E-state index in [1.165, 1.54) is 6.42 Å². The van der Waals surface area contributed by atoms with E-state index in [1.807, 2.05) is 23.9 Å². The maximum Gasteiger partial charge on any atom is 0.142 e. The van der Waals surface area contributed by atoms with E-state index in [4.69, 9.17) is 10.6 Å². The number of aromatic nitrogens is 1. The zero-order valence-corrected chi connectivity index (χ0v) is 10.6. The van der Waals surface area contributed by atoms with E-state index in [9.17, 15) is 0 Å². The maximum absolute atomic E-state index is 5.55. The van der Waals surface area contributed by atoms with Crippen molar-refractivity contribution < 1.29 is 4.74 Å². The summed E-state index contributed by atoms with van der Waals surface area (Å²) in [7, 11) is 1.65. The number of pyridine rings is 1. The maximum atomic E-state index is 5.55. The average Bonchev–Trinajstić information content (AvgIpc) is 2.35. The van der Waals surface area contributed by atoms with Crippen LogP contribution in [0.4, 0.5) is 0 Å². The van der Waals surface area contributed by atoms with Crippen LogP contribution in [0.5, 0.6) is 5.75 Å². The molecule has 1 rings (SSSR count). The Labute approximate surface area is 101 Å². The van der Waals surface area contributed by atoms with Crippen molar-refractivity contribution in [3.8, 4) is 5.75 Å². The molecule has 0 aliphatic rings. The summed E-state index contributed by atoms with van der Waals surface area (Å²) in [4.78, 5) is 4.32. The van der Waals surface area contributed by atoms with E-state index < -0.39 is 0 Å². The summed E-state index contributed by atoms with van der Waals surface area (Å²) in [6.07, 6.45) is 2.92. The lowest BCUT2D eigenvalue weighted by atomic mass is 10.2. The quantitative estimate of drug-likeness (QED) is 0.432. The Morgan fingerprint density at radius 1 is 1.62 bits per heavy atom. The zero-order valence-electron chi connectivity index (χ0n) is 9.77. The number of rotatable bonds is 7. The fourth-order valence-corrected chi connectivity index (χ4v) is 2.33. The topological polar surface area (TPSA) is 60.2 Å². The number of methoxy groups -OCH3 is 1. The highest BCUT2D eigenvalue weighted by atomic mass is 32.2. The molecule has 0 saturated carbocycles. The van der Waals surface area contributed by atoms with Crippen LogP contribution in [0.25, 0.3) is 0 Å². The van der Waals surface area contributed by atoms with Gasteiger partial charge in [0, 0.05) is 11.9 Å². The summed E-state index contributed by atoms with van der Waals surface area (Å²) >= 11 is 1.86. The lowest BCUT2D eigenvalue weighted by Gasteiger charge is -2.17. The van der Waals surface area contributed by atoms with Gasteiger partial charge in [-0.25, -0.2) is 0 Å².